The van der Waals surface area contributed by atoms with E-state index in [2.05, 4.69) is 39.5 Å². The summed E-state index contributed by atoms with van der Waals surface area (Å²) in [6.45, 7) is 13.1. The molecule has 1 aliphatic rings. The van der Waals surface area contributed by atoms with Crippen LogP contribution in [0.2, 0.25) is 0 Å². The number of hydrogen-bond acceptors (Lipinski definition) is 1. The van der Waals surface area contributed by atoms with E-state index in [9.17, 15) is 0 Å². The second-order valence-electron chi connectivity index (χ2n) is 6.06. The molecule has 0 bridgehead atoms. The van der Waals surface area contributed by atoms with Crippen molar-refractivity contribution in [3.8, 4) is 0 Å². The van der Waals surface area contributed by atoms with E-state index in [-0.39, 0.29) is 0 Å². The van der Waals surface area contributed by atoms with Gasteiger partial charge in [-0.15, -0.1) is 0 Å². The quantitative estimate of drug-likeness (QED) is 0.667. The van der Waals surface area contributed by atoms with Gasteiger partial charge < -0.3 is 0 Å². The van der Waals surface area contributed by atoms with Gasteiger partial charge in [-0.1, -0.05) is 27.7 Å². The lowest BCUT2D eigenvalue weighted by atomic mass is 9.87. The predicted molar refractivity (Wildman–Crippen MR) is 63.6 cm³/mol. The highest BCUT2D eigenvalue weighted by Crippen LogP contribution is 2.31. The third-order valence-corrected chi connectivity index (χ3v) is 3.43. The molecule has 0 spiro atoms. The summed E-state index contributed by atoms with van der Waals surface area (Å²) >= 11 is 0. The van der Waals surface area contributed by atoms with Gasteiger partial charge >= 0.3 is 0 Å². The van der Waals surface area contributed by atoms with Crippen LogP contribution in [0.15, 0.2) is 0 Å². The first-order valence-electron chi connectivity index (χ1n) is 6.20. The van der Waals surface area contributed by atoms with Gasteiger partial charge in [0.15, 0.2) is 0 Å². The van der Waals surface area contributed by atoms with Crippen LogP contribution < -0.4 is 0 Å². The van der Waals surface area contributed by atoms with Crippen LogP contribution in [0.25, 0.3) is 0 Å². The van der Waals surface area contributed by atoms with Crippen molar-refractivity contribution in [2.75, 3.05) is 6.54 Å². The molecule has 1 unspecified atom stereocenters. The normalized spacial score (nSPS) is 26.8. The predicted octanol–water partition coefficient (Wildman–Crippen LogP) is 3.69. The molecular formula is C13H27N. The molecule has 0 amide bonds. The van der Waals surface area contributed by atoms with Crippen molar-refractivity contribution in [1.29, 1.82) is 0 Å². The molecule has 1 rings (SSSR count). The molecule has 0 aromatic heterocycles. The molecule has 0 aliphatic carbocycles. The molecule has 84 valence electrons. The zero-order valence-electron chi connectivity index (χ0n) is 10.6. The number of rotatable bonds is 3. The van der Waals surface area contributed by atoms with Crippen molar-refractivity contribution in [3.63, 3.8) is 0 Å². The molecule has 0 aromatic carbocycles. The Bertz CT molecular complexity index is 169. The zero-order valence-corrected chi connectivity index (χ0v) is 10.6. The molecule has 1 heteroatoms. The van der Waals surface area contributed by atoms with Crippen LogP contribution in [0.4, 0.5) is 0 Å². The summed E-state index contributed by atoms with van der Waals surface area (Å²) in [7, 11) is 0. The van der Waals surface area contributed by atoms with Crippen molar-refractivity contribution in [2.45, 2.75) is 72.4 Å². The molecule has 0 N–H and O–H groups in total. The first-order chi connectivity index (χ1) is 6.44. The highest BCUT2D eigenvalue weighted by molar-refractivity contribution is 4.85. The van der Waals surface area contributed by atoms with Gasteiger partial charge in [0.25, 0.3) is 0 Å². The summed E-state index contributed by atoms with van der Waals surface area (Å²) in [5.74, 6) is 0. The molecule has 1 heterocycles. The molecule has 0 radical (unpaired) electrons. The highest BCUT2D eigenvalue weighted by Gasteiger charge is 2.30. The molecule has 1 nitrogen and oxygen atoms in total. The summed E-state index contributed by atoms with van der Waals surface area (Å²) in [4.78, 5) is 2.73. The zero-order chi connectivity index (χ0) is 10.8. The Morgan fingerprint density at radius 1 is 1.36 bits per heavy atom. The van der Waals surface area contributed by atoms with E-state index in [1.165, 1.54) is 32.2 Å². The fraction of sp³-hybridized carbons (Fsp3) is 1.00. The number of likely N-dealkylation sites (tertiary alicyclic amines) is 1. The van der Waals surface area contributed by atoms with E-state index in [1.807, 2.05) is 0 Å². The highest BCUT2D eigenvalue weighted by atomic mass is 15.2. The largest absolute Gasteiger partial charge is 0.298 e. The van der Waals surface area contributed by atoms with Crippen molar-refractivity contribution in [2.24, 2.45) is 5.41 Å². The Labute approximate surface area is 89.9 Å². The molecule has 2 atom stereocenters. The molecule has 1 fully saturated rings. The molecule has 1 aliphatic heterocycles. The first kappa shape index (κ1) is 12.0. The van der Waals surface area contributed by atoms with Gasteiger partial charge in [0, 0.05) is 12.1 Å². The second kappa shape index (κ2) is 4.65. The minimum absolute atomic E-state index is 0.487. The first-order valence-corrected chi connectivity index (χ1v) is 6.20. The van der Waals surface area contributed by atoms with E-state index < -0.39 is 0 Å². The maximum atomic E-state index is 2.73. The smallest absolute Gasteiger partial charge is 0.0103 e. The lowest BCUT2D eigenvalue weighted by molar-refractivity contribution is 0.146. The Balaban J connectivity index is 2.51. The Morgan fingerprint density at radius 2 is 2.00 bits per heavy atom. The van der Waals surface area contributed by atoms with Gasteiger partial charge in [-0.3, -0.25) is 4.90 Å². The molecule has 14 heavy (non-hydrogen) atoms. The summed E-state index contributed by atoms with van der Waals surface area (Å²) in [5, 5.41) is 0. The summed E-state index contributed by atoms with van der Waals surface area (Å²) in [5.41, 5.74) is 0.487. The minimum Gasteiger partial charge on any atom is -0.298 e. The molecule has 1 saturated heterocycles. The Hall–Kier alpha value is -0.0400. The Kier molecular flexibility index (Phi) is 4.00. The van der Waals surface area contributed by atoms with Gasteiger partial charge in [-0.25, -0.2) is 0 Å². The van der Waals surface area contributed by atoms with Crippen LogP contribution in [0.5, 0.6) is 0 Å². The van der Waals surface area contributed by atoms with Crippen molar-refractivity contribution in [1.82, 2.24) is 4.90 Å². The van der Waals surface area contributed by atoms with E-state index in [0.717, 1.165) is 12.1 Å². The van der Waals surface area contributed by atoms with E-state index in [0.29, 0.717) is 5.41 Å². The average Bonchev–Trinajstić information content (AvgIpc) is 2.48. The number of nitrogens with zero attached hydrogens (tertiary/aromatic N) is 1. The Morgan fingerprint density at radius 3 is 2.50 bits per heavy atom. The van der Waals surface area contributed by atoms with Gasteiger partial charge in [0.05, 0.1) is 0 Å². The third kappa shape index (κ3) is 3.27. The van der Waals surface area contributed by atoms with E-state index in [1.54, 1.807) is 0 Å². The maximum Gasteiger partial charge on any atom is 0.0103 e. The second-order valence-corrected chi connectivity index (χ2v) is 6.06. The average molecular weight is 197 g/mol. The molecular weight excluding hydrogens is 170 g/mol. The lowest BCUT2D eigenvalue weighted by Crippen LogP contribution is -2.38. The third-order valence-electron chi connectivity index (χ3n) is 3.43. The van der Waals surface area contributed by atoms with Crippen LogP contribution in [-0.2, 0) is 0 Å². The van der Waals surface area contributed by atoms with Gasteiger partial charge in [-0.05, 0) is 44.6 Å². The summed E-state index contributed by atoms with van der Waals surface area (Å²) in [6, 6.07) is 1.63. The van der Waals surface area contributed by atoms with Gasteiger partial charge in [0.1, 0.15) is 0 Å². The maximum absolute atomic E-state index is 2.73. The lowest BCUT2D eigenvalue weighted by Gasteiger charge is -2.34. The monoisotopic (exact) mass is 197 g/mol. The van der Waals surface area contributed by atoms with Gasteiger partial charge in [0.2, 0.25) is 0 Å². The SMILES string of the molecule is CCC(C)N1CCC[C@@H]1CC(C)(C)C. The fourth-order valence-electron chi connectivity index (χ4n) is 2.60. The van der Waals surface area contributed by atoms with Gasteiger partial charge in [-0.2, -0.15) is 0 Å². The van der Waals surface area contributed by atoms with E-state index >= 15 is 0 Å². The fourth-order valence-corrected chi connectivity index (χ4v) is 2.60. The van der Waals surface area contributed by atoms with Crippen LogP contribution in [0.1, 0.15) is 60.3 Å². The molecule has 0 aromatic rings. The van der Waals surface area contributed by atoms with E-state index in [4.69, 9.17) is 0 Å². The minimum atomic E-state index is 0.487. The van der Waals surface area contributed by atoms with Crippen molar-refractivity contribution < 1.29 is 0 Å². The van der Waals surface area contributed by atoms with Crippen molar-refractivity contribution >= 4 is 0 Å². The van der Waals surface area contributed by atoms with Crippen LogP contribution in [-0.4, -0.2) is 23.5 Å². The van der Waals surface area contributed by atoms with Crippen LogP contribution in [0.3, 0.4) is 0 Å². The molecule has 0 saturated carbocycles. The number of hydrogen-bond donors (Lipinski definition) is 0. The van der Waals surface area contributed by atoms with Crippen LogP contribution in [0, 0.1) is 5.41 Å². The van der Waals surface area contributed by atoms with Crippen molar-refractivity contribution in [3.05, 3.63) is 0 Å². The topological polar surface area (TPSA) is 3.24 Å². The summed E-state index contributed by atoms with van der Waals surface area (Å²) < 4.78 is 0. The van der Waals surface area contributed by atoms with Crippen LogP contribution >= 0.6 is 0 Å². The standard InChI is InChI=1S/C13H27N/c1-6-11(2)14-9-7-8-12(14)10-13(3,4)5/h11-12H,6-10H2,1-5H3/t11?,12-/m1/s1. The summed E-state index contributed by atoms with van der Waals surface area (Å²) in [6.07, 6.45) is 5.48.